The van der Waals surface area contributed by atoms with Crippen LogP contribution in [0.25, 0.3) is 6.08 Å². The first-order valence-corrected chi connectivity index (χ1v) is 11.7. The molecule has 1 amide bonds. The number of carbonyl (C=O) groups is 1. The van der Waals surface area contributed by atoms with Gasteiger partial charge in [-0.3, -0.25) is 9.78 Å². The van der Waals surface area contributed by atoms with Gasteiger partial charge in [0.25, 0.3) is 5.91 Å². The molecule has 4 heterocycles. The lowest BCUT2D eigenvalue weighted by molar-refractivity contribution is -0.198. The number of carbonyl (C=O) groups excluding carboxylic acids is 1. The van der Waals surface area contributed by atoms with Crippen LogP contribution in [0, 0.1) is 0 Å². The quantitative estimate of drug-likeness (QED) is 0.455. The van der Waals surface area contributed by atoms with E-state index in [0.29, 0.717) is 18.3 Å². The molecular formula is C22H29N5O3S. The summed E-state index contributed by atoms with van der Waals surface area (Å²) in [5.41, 5.74) is 3.00. The molecule has 2 atom stereocenters. The second kappa shape index (κ2) is 11.3. The highest BCUT2D eigenvalue weighted by Gasteiger charge is 2.22. The van der Waals surface area contributed by atoms with Gasteiger partial charge >= 0.3 is 0 Å². The molecule has 0 aliphatic carbocycles. The minimum Gasteiger partial charge on any atom is -0.365 e. The van der Waals surface area contributed by atoms with Gasteiger partial charge in [0.1, 0.15) is 5.82 Å². The molecule has 2 N–H and O–H groups in total. The molecule has 2 aromatic rings. The van der Waals surface area contributed by atoms with Gasteiger partial charge in [0.15, 0.2) is 6.29 Å². The van der Waals surface area contributed by atoms with E-state index in [2.05, 4.69) is 43.2 Å². The number of aromatic nitrogens is 2. The average molecular weight is 444 g/mol. The van der Waals surface area contributed by atoms with Crippen molar-refractivity contribution in [3.8, 4) is 0 Å². The second-order valence-corrected chi connectivity index (χ2v) is 8.83. The fraction of sp³-hybridized carbons (Fsp3) is 0.500. The van der Waals surface area contributed by atoms with Crippen LogP contribution in [0.15, 0.2) is 36.0 Å². The predicted octanol–water partition coefficient (Wildman–Crippen LogP) is 2.85. The molecule has 2 saturated heterocycles. The number of nitrogens with one attached hydrogen (secondary N) is 2. The molecule has 0 radical (unpaired) electrons. The Labute approximate surface area is 186 Å². The summed E-state index contributed by atoms with van der Waals surface area (Å²) in [5, 5.41) is 5.60. The van der Waals surface area contributed by atoms with Crippen LogP contribution in [0.4, 0.5) is 5.82 Å². The summed E-state index contributed by atoms with van der Waals surface area (Å²) in [5.74, 6) is 0.399. The Morgan fingerprint density at radius 1 is 1.32 bits per heavy atom. The van der Waals surface area contributed by atoms with Crippen LogP contribution in [0.2, 0.25) is 0 Å². The normalized spacial score (nSPS) is 22.1. The lowest BCUT2D eigenvalue weighted by Gasteiger charge is -2.21. The van der Waals surface area contributed by atoms with E-state index in [0.717, 1.165) is 57.6 Å². The molecule has 0 aromatic carbocycles. The van der Waals surface area contributed by atoms with E-state index in [4.69, 9.17) is 9.57 Å². The summed E-state index contributed by atoms with van der Waals surface area (Å²) in [7, 11) is 0. The minimum atomic E-state index is -0.363. The number of nitrogens with zero attached hydrogens (tertiary/aromatic N) is 3. The molecule has 8 nitrogen and oxygen atoms in total. The van der Waals surface area contributed by atoms with Crippen molar-refractivity contribution < 1.29 is 14.4 Å². The van der Waals surface area contributed by atoms with Crippen molar-refractivity contribution in [3.63, 3.8) is 0 Å². The van der Waals surface area contributed by atoms with Crippen LogP contribution in [-0.4, -0.2) is 59.3 Å². The van der Waals surface area contributed by atoms with Gasteiger partial charge < -0.3 is 15.0 Å². The van der Waals surface area contributed by atoms with E-state index in [1.165, 1.54) is 11.0 Å². The third-order valence-electron chi connectivity index (χ3n) is 5.39. The van der Waals surface area contributed by atoms with Gasteiger partial charge in [-0.2, -0.15) is 0 Å². The first-order valence-electron chi connectivity index (χ1n) is 10.8. The summed E-state index contributed by atoms with van der Waals surface area (Å²) in [6.07, 6.45) is 11.1. The molecule has 0 saturated carbocycles. The van der Waals surface area contributed by atoms with Crippen LogP contribution in [0.3, 0.4) is 0 Å². The molecule has 0 spiro atoms. The summed E-state index contributed by atoms with van der Waals surface area (Å²) in [4.78, 5) is 29.8. The molecule has 2 aromatic heterocycles. The molecule has 4 rings (SSSR count). The maximum atomic E-state index is 11.9. The number of ether oxygens (including phenoxy) is 1. The summed E-state index contributed by atoms with van der Waals surface area (Å²) in [6.45, 7) is 3.87. The van der Waals surface area contributed by atoms with Crippen molar-refractivity contribution in [2.75, 3.05) is 31.6 Å². The molecule has 31 heavy (non-hydrogen) atoms. The molecule has 2 aliphatic rings. The van der Waals surface area contributed by atoms with Crippen LogP contribution in [0.5, 0.6) is 0 Å². The maximum absolute atomic E-state index is 11.9. The highest BCUT2D eigenvalue weighted by molar-refractivity contribution is 7.09. The highest BCUT2D eigenvalue weighted by Crippen LogP contribution is 2.16. The molecule has 9 heteroatoms. The Balaban J connectivity index is 1.17. The fourth-order valence-corrected chi connectivity index (χ4v) is 4.41. The van der Waals surface area contributed by atoms with Crippen LogP contribution in [-0.2, 0) is 20.8 Å². The second-order valence-electron chi connectivity index (χ2n) is 7.80. The summed E-state index contributed by atoms with van der Waals surface area (Å²) < 4.78 is 5.40. The molecule has 1 unspecified atom stereocenters. The van der Waals surface area contributed by atoms with Crippen LogP contribution < -0.4 is 10.8 Å². The van der Waals surface area contributed by atoms with Crippen molar-refractivity contribution >= 4 is 29.1 Å². The van der Waals surface area contributed by atoms with Crippen molar-refractivity contribution in [2.24, 2.45) is 0 Å². The standard InChI is InChI=1S/C22H29N5O3S/c28-21(26-30-22-5-1-2-12-29-22)7-6-17-14-24-20(15-23-17)25-18-8-10-27(16-18)11-9-19-4-3-13-31-19/h3-4,6-7,13-15,18,22H,1-2,5,8-12,16H2,(H,24,25)(H,26,28)/t18-,22?/m1/s1. The SMILES string of the molecule is O=C(C=Cc1cnc(N[C@@H]2CCN(CCc3cccs3)C2)cn1)NOC1CCCCO1. The number of likely N-dealkylation sites (tertiary alicyclic amines) is 1. The molecular weight excluding hydrogens is 414 g/mol. The Morgan fingerprint density at radius 3 is 3.06 bits per heavy atom. The number of thiophene rings is 1. The Kier molecular flexibility index (Phi) is 8.00. The zero-order valence-electron chi connectivity index (χ0n) is 17.5. The van der Waals surface area contributed by atoms with Crippen molar-refractivity contribution in [2.45, 2.75) is 44.4 Å². The molecule has 2 aliphatic heterocycles. The van der Waals surface area contributed by atoms with E-state index in [1.807, 2.05) is 11.3 Å². The largest absolute Gasteiger partial charge is 0.365 e. The third kappa shape index (κ3) is 7.10. The van der Waals surface area contributed by atoms with E-state index < -0.39 is 0 Å². The van der Waals surface area contributed by atoms with E-state index in [9.17, 15) is 4.79 Å². The zero-order chi connectivity index (χ0) is 21.3. The van der Waals surface area contributed by atoms with E-state index >= 15 is 0 Å². The van der Waals surface area contributed by atoms with Crippen molar-refractivity contribution in [3.05, 3.63) is 46.6 Å². The number of anilines is 1. The minimum absolute atomic E-state index is 0.355. The Bertz CT molecular complexity index is 837. The highest BCUT2D eigenvalue weighted by atomic mass is 32.1. The van der Waals surface area contributed by atoms with Gasteiger partial charge in [-0.25, -0.2) is 15.3 Å². The van der Waals surface area contributed by atoms with E-state index in [-0.39, 0.29) is 12.2 Å². The Hall–Kier alpha value is -2.33. The van der Waals surface area contributed by atoms with E-state index in [1.54, 1.807) is 18.5 Å². The smallest absolute Gasteiger partial charge is 0.267 e. The average Bonchev–Trinajstić information content (AvgIpc) is 3.48. The van der Waals surface area contributed by atoms with Gasteiger partial charge in [0.05, 0.1) is 18.1 Å². The first-order chi connectivity index (χ1) is 15.2. The number of hydrogen-bond acceptors (Lipinski definition) is 8. The van der Waals surface area contributed by atoms with Crippen molar-refractivity contribution in [1.29, 1.82) is 0 Å². The lowest BCUT2D eigenvalue weighted by atomic mass is 10.2. The summed E-state index contributed by atoms with van der Waals surface area (Å²) in [6, 6.07) is 4.69. The Morgan fingerprint density at radius 2 is 2.29 bits per heavy atom. The topological polar surface area (TPSA) is 88.6 Å². The van der Waals surface area contributed by atoms with Gasteiger partial charge in [0, 0.05) is 49.7 Å². The number of hydroxylamine groups is 1. The van der Waals surface area contributed by atoms with Crippen molar-refractivity contribution in [1.82, 2.24) is 20.3 Å². The van der Waals surface area contributed by atoms with Gasteiger partial charge in [-0.1, -0.05) is 6.07 Å². The maximum Gasteiger partial charge on any atom is 0.267 e. The zero-order valence-corrected chi connectivity index (χ0v) is 18.4. The van der Waals surface area contributed by atoms with Crippen LogP contribution >= 0.6 is 11.3 Å². The number of rotatable bonds is 9. The molecule has 2 fully saturated rings. The first kappa shape index (κ1) is 21.9. The lowest BCUT2D eigenvalue weighted by Crippen LogP contribution is -2.32. The number of hydrogen-bond donors (Lipinski definition) is 2. The monoisotopic (exact) mass is 443 g/mol. The van der Waals surface area contributed by atoms with Gasteiger partial charge in [0.2, 0.25) is 0 Å². The van der Waals surface area contributed by atoms with Gasteiger partial charge in [-0.15, -0.1) is 11.3 Å². The predicted molar refractivity (Wildman–Crippen MR) is 120 cm³/mol. The summed E-state index contributed by atoms with van der Waals surface area (Å²) >= 11 is 1.82. The third-order valence-corrected chi connectivity index (χ3v) is 6.32. The number of amides is 1. The fourth-order valence-electron chi connectivity index (χ4n) is 3.71. The van der Waals surface area contributed by atoms with Gasteiger partial charge in [-0.05, 0) is 43.2 Å². The molecule has 0 bridgehead atoms. The van der Waals surface area contributed by atoms with Crippen LogP contribution in [0.1, 0.15) is 36.3 Å². The molecule has 166 valence electrons.